The number of aryl methyl sites for hydroxylation is 1. The van der Waals surface area contributed by atoms with Crippen LogP contribution in [0.4, 0.5) is 0 Å². The fourth-order valence-electron chi connectivity index (χ4n) is 1.75. The predicted octanol–water partition coefficient (Wildman–Crippen LogP) is 4.01. The lowest BCUT2D eigenvalue weighted by Crippen LogP contribution is -2.00. The average Bonchev–Trinajstić information content (AvgIpc) is 2.30. The van der Waals surface area contributed by atoms with E-state index < -0.39 is 5.97 Å². The summed E-state index contributed by atoms with van der Waals surface area (Å²) in [6.45, 7) is 1.86. The maximum absolute atomic E-state index is 11.2. The van der Waals surface area contributed by atoms with E-state index in [0.29, 0.717) is 10.6 Å². The minimum atomic E-state index is -0.941. The zero-order valence-electron chi connectivity index (χ0n) is 9.27. The van der Waals surface area contributed by atoms with Crippen LogP contribution in [-0.4, -0.2) is 11.1 Å². The van der Waals surface area contributed by atoms with Crippen LogP contribution in [0.3, 0.4) is 0 Å². The summed E-state index contributed by atoms with van der Waals surface area (Å²) < 4.78 is 0. The highest BCUT2D eigenvalue weighted by molar-refractivity contribution is 6.33. The molecule has 0 spiro atoms. The van der Waals surface area contributed by atoms with Gasteiger partial charge in [-0.1, -0.05) is 47.5 Å². The largest absolute Gasteiger partial charge is 0.478 e. The van der Waals surface area contributed by atoms with E-state index in [1.54, 1.807) is 18.2 Å². The minimum absolute atomic E-state index is 0.276. The third kappa shape index (κ3) is 2.32. The third-order valence-corrected chi connectivity index (χ3v) is 2.90. The number of rotatable bonds is 2. The molecule has 2 rings (SSSR count). The Hall–Kier alpha value is -1.80. The number of carboxylic acid groups (broad SMARTS) is 1. The average molecular weight is 247 g/mol. The van der Waals surface area contributed by atoms with Crippen molar-refractivity contribution in [2.45, 2.75) is 6.92 Å². The van der Waals surface area contributed by atoms with Crippen LogP contribution in [0.1, 0.15) is 15.9 Å². The molecule has 86 valence electrons. The van der Waals surface area contributed by atoms with E-state index in [-0.39, 0.29) is 5.56 Å². The Bertz CT molecular complexity index is 576. The maximum atomic E-state index is 11.2. The van der Waals surface area contributed by atoms with Gasteiger partial charge in [-0.05, 0) is 24.6 Å². The summed E-state index contributed by atoms with van der Waals surface area (Å²) >= 11 is 6.08. The zero-order chi connectivity index (χ0) is 12.4. The van der Waals surface area contributed by atoms with Gasteiger partial charge in [0.15, 0.2) is 0 Å². The molecule has 0 fully saturated rings. The Morgan fingerprint density at radius 1 is 1.12 bits per heavy atom. The van der Waals surface area contributed by atoms with Crippen LogP contribution >= 0.6 is 11.6 Å². The quantitative estimate of drug-likeness (QED) is 0.869. The van der Waals surface area contributed by atoms with Gasteiger partial charge in [0.1, 0.15) is 0 Å². The Balaban J connectivity index is 2.68. The third-order valence-electron chi connectivity index (χ3n) is 2.57. The Labute approximate surface area is 104 Å². The highest BCUT2D eigenvalue weighted by Gasteiger charge is 2.13. The molecule has 0 saturated heterocycles. The Morgan fingerprint density at radius 2 is 1.82 bits per heavy atom. The van der Waals surface area contributed by atoms with Gasteiger partial charge in [-0.2, -0.15) is 0 Å². The molecule has 0 aliphatic carbocycles. The predicted molar refractivity (Wildman–Crippen MR) is 68.6 cm³/mol. The van der Waals surface area contributed by atoms with Crippen LogP contribution in [0, 0.1) is 6.92 Å². The normalized spacial score (nSPS) is 10.2. The van der Waals surface area contributed by atoms with Crippen molar-refractivity contribution in [1.29, 1.82) is 0 Å². The van der Waals surface area contributed by atoms with E-state index in [1.165, 1.54) is 0 Å². The molecule has 0 atom stereocenters. The smallest absolute Gasteiger partial charge is 0.336 e. The van der Waals surface area contributed by atoms with E-state index in [4.69, 9.17) is 11.6 Å². The van der Waals surface area contributed by atoms with Crippen molar-refractivity contribution in [3.63, 3.8) is 0 Å². The number of carbonyl (C=O) groups is 1. The standard InChI is InChI=1S/C14H11ClO2/c1-9-6-7-10(12(8-9)14(16)17)11-4-2-3-5-13(11)15/h2-8H,1H3,(H,16,17). The van der Waals surface area contributed by atoms with Crippen molar-refractivity contribution < 1.29 is 9.90 Å². The van der Waals surface area contributed by atoms with Crippen molar-refractivity contribution in [3.8, 4) is 11.1 Å². The van der Waals surface area contributed by atoms with Gasteiger partial charge in [-0.15, -0.1) is 0 Å². The molecule has 0 aliphatic heterocycles. The van der Waals surface area contributed by atoms with Crippen LogP contribution < -0.4 is 0 Å². The van der Waals surface area contributed by atoms with Crippen molar-refractivity contribution in [2.75, 3.05) is 0 Å². The van der Waals surface area contributed by atoms with E-state index in [1.807, 2.05) is 31.2 Å². The summed E-state index contributed by atoms with van der Waals surface area (Å²) in [5.74, 6) is -0.941. The molecule has 0 aromatic heterocycles. The molecule has 0 aliphatic rings. The molecule has 0 amide bonds. The summed E-state index contributed by atoms with van der Waals surface area (Å²) in [6.07, 6.45) is 0. The number of hydrogen-bond donors (Lipinski definition) is 1. The first-order chi connectivity index (χ1) is 8.09. The van der Waals surface area contributed by atoms with Crippen LogP contribution in [0.5, 0.6) is 0 Å². The van der Waals surface area contributed by atoms with Gasteiger partial charge in [0.05, 0.1) is 5.56 Å². The summed E-state index contributed by atoms with van der Waals surface area (Å²) in [4.78, 5) is 11.2. The number of carboxylic acids is 1. The molecule has 3 heteroatoms. The molecule has 0 bridgehead atoms. The zero-order valence-corrected chi connectivity index (χ0v) is 10.0. The van der Waals surface area contributed by atoms with E-state index in [9.17, 15) is 9.90 Å². The molecular formula is C14H11ClO2. The summed E-state index contributed by atoms with van der Waals surface area (Å²) in [7, 11) is 0. The number of halogens is 1. The molecule has 0 radical (unpaired) electrons. The van der Waals surface area contributed by atoms with Crippen LogP contribution in [0.25, 0.3) is 11.1 Å². The summed E-state index contributed by atoms with van der Waals surface area (Å²) in [5.41, 5.74) is 2.58. The van der Waals surface area contributed by atoms with E-state index >= 15 is 0 Å². The second kappa shape index (κ2) is 4.60. The first kappa shape index (κ1) is 11.7. The molecule has 0 saturated carbocycles. The Morgan fingerprint density at radius 3 is 2.47 bits per heavy atom. The maximum Gasteiger partial charge on any atom is 0.336 e. The molecule has 0 heterocycles. The topological polar surface area (TPSA) is 37.3 Å². The van der Waals surface area contributed by atoms with Crippen LogP contribution in [0.15, 0.2) is 42.5 Å². The summed E-state index contributed by atoms with van der Waals surface area (Å²) in [5, 5.41) is 9.75. The van der Waals surface area contributed by atoms with Crippen molar-refractivity contribution in [3.05, 3.63) is 58.6 Å². The Kier molecular flexibility index (Phi) is 3.16. The fourth-order valence-corrected chi connectivity index (χ4v) is 1.99. The van der Waals surface area contributed by atoms with Crippen LogP contribution in [0.2, 0.25) is 5.02 Å². The van der Waals surface area contributed by atoms with Crippen molar-refractivity contribution in [1.82, 2.24) is 0 Å². The van der Waals surface area contributed by atoms with Gasteiger partial charge in [-0.25, -0.2) is 4.79 Å². The second-order valence-electron chi connectivity index (χ2n) is 3.83. The molecule has 2 nitrogen and oxygen atoms in total. The second-order valence-corrected chi connectivity index (χ2v) is 4.24. The lowest BCUT2D eigenvalue weighted by atomic mass is 9.98. The van der Waals surface area contributed by atoms with Gasteiger partial charge in [0.25, 0.3) is 0 Å². The van der Waals surface area contributed by atoms with Gasteiger partial charge < -0.3 is 5.11 Å². The summed E-state index contributed by atoms with van der Waals surface area (Å²) in [6, 6.07) is 12.6. The lowest BCUT2D eigenvalue weighted by Gasteiger charge is -2.09. The fraction of sp³-hybridized carbons (Fsp3) is 0.0714. The molecule has 2 aromatic rings. The first-order valence-corrected chi connectivity index (χ1v) is 5.56. The molecule has 17 heavy (non-hydrogen) atoms. The molecule has 0 unspecified atom stereocenters. The van der Waals surface area contributed by atoms with Crippen molar-refractivity contribution >= 4 is 17.6 Å². The molecular weight excluding hydrogens is 236 g/mol. The minimum Gasteiger partial charge on any atom is -0.478 e. The molecule has 1 N–H and O–H groups in total. The van der Waals surface area contributed by atoms with Crippen LogP contribution in [-0.2, 0) is 0 Å². The monoisotopic (exact) mass is 246 g/mol. The first-order valence-electron chi connectivity index (χ1n) is 5.18. The van der Waals surface area contributed by atoms with E-state index in [2.05, 4.69) is 0 Å². The highest BCUT2D eigenvalue weighted by atomic mass is 35.5. The SMILES string of the molecule is Cc1ccc(-c2ccccc2Cl)c(C(=O)O)c1. The number of benzene rings is 2. The lowest BCUT2D eigenvalue weighted by molar-refractivity contribution is 0.0697. The van der Waals surface area contributed by atoms with Crippen molar-refractivity contribution in [2.24, 2.45) is 0 Å². The van der Waals surface area contributed by atoms with Gasteiger partial charge in [-0.3, -0.25) is 0 Å². The van der Waals surface area contributed by atoms with Gasteiger partial charge in [0, 0.05) is 10.6 Å². The highest BCUT2D eigenvalue weighted by Crippen LogP contribution is 2.30. The molecule has 2 aromatic carbocycles. The van der Waals surface area contributed by atoms with E-state index in [0.717, 1.165) is 11.1 Å². The van der Waals surface area contributed by atoms with Gasteiger partial charge in [0.2, 0.25) is 0 Å². The number of hydrogen-bond acceptors (Lipinski definition) is 1. The van der Waals surface area contributed by atoms with Gasteiger partial charge >= 0.3 is 5.97 Å². The number of aromatic carboxylic acids is 1.